The number of carbonyl (C=O) groups is 3. The zero-order chi connectivity index (χ0) is 12.1. The van der Waals surface area contributed by atoms with Crippen LogP contribution < -0.4 is 0 Å². The summed E-state index contributed by atoms with van der Waals surface area (Å²) < 4.78 is 4.56. The topological polar surface area (TPSA) is 80.7 Å². The van der Waals surface area contributed by atoms with Crippen molar-refractivity contribution in [3.8, 4) is 0 Å². The molecule has 0 radical (unpaired) electrons. The molecule has 0 heterocycles. The minimum absolute atomic E-state index is 0.204. The van der Waals surface area contributed by atoms with Gasteiger partial charge in [0.1, 0.15) is 17.8 Å². The van der Waals surface area contributed by atoms with Crippen molar-refractivity contribution in [2.75, 3.05) is 6.61 Å². The molecule has 0 aromatic heterocycles. The lowest BCUT2D eigenvalue weighted by molar-refractivity contribution is -0.148. The summed E-state index contributed by atoms with van der Waals surface area (Å²) in [5, 5.41) is 9.48. The van der Waals surface area contributed by atoms with E-state index in [1.807, 2.05) is 0 Å². The number of ketones is 2. The molecule has 0 spiro atoms. The second-order valence-corrected chi connectivity index (χ2v) is 3.53. The number of carbonyl (C=O) groups excluding carboxylic acids is 3. The Morgan fingerprint density at radius 3 is 2.27 bits per heavy atom. The van der Waals surface area contributed by atoms with Crippen LogP contribution in [0.15, 0.2) is 0 Å². The van der Waals surface area contributed by atoms with Crippen LogP contribution in [0.1, 0.15) is 33.6 Å². The van der Waals surface area contributed by atoms with Crippen molar-refractivity contribution >= 4 is 17.5 Å². The van der Waals surface area contributed by atoms with Crippen LogP contribution >= 0.6 is 0 Å². The van der Waals surface area contributed by atoms with Crippen molar-refractivity contribution in [1.29, 1.82) is 0 Å². The predicted molar refractivity (Wildman–Crippen MR) is 52.2 cm³/mol. The Morgan fingerprint density at radius 2 is 1.87 bits per heavy atom. The fraction of sp³-hybridized carbons (Fsp3) is 0.700. The molecule has 0 amide bonds. The monoisotopic (exact) mass is 216 g/mol. The van der Waals surface area contributed by atoms with E-state index in [4.69, 9.17) is 0 Å². The van der Waals surface area contributed by atoms with Crippen LogP contribution in [0.4, 0.5) is 0 Å². The van der Waals surface area contributed by atoms with Crippen molar-refractivity contribution in [3.05, 3.63) is 0 Å². The first-order chi connectivity index (χ1) is 6.79. The van der Waals surface area contributed by atoms with E-state index < -0.39 is 29.6 Å². The summed E-state index contributed by atoms with van der Waals surface area (Å²) in [7, 11) is 0. The lowest BCUT2D eigenvalue weighted by atomic mass is 9.94. The molecule has 0 saturated heterocycles. The molecular formula is C10H16O5. The third-order valence-corrected chi connectivity index (χ3v) is 1.95. The van der Waals surface area contributed by atoms with E-state index in [-0.39, 0.29) is 13.0 Å². The van der Waals surface area contributed by atoms with Crippen LogP contribution in [-0.2, 0) is 19.1 Å². The highest BCUT2D eigenvalue weighted by atomic mass is 16.5. The van der Waals surface area contributed by atoms with Crippen molar-refractivity contribution in [3.63, 3.8) is 0 Å². The first-order valence-corrected chi connectivity index (χ1v) is 4.70. The Labute approximate surface area is 88.4 Å². The summed E-state index contributed by atoms with van der Waals surface area (Å²) in [4.78, 5) is 33.0. The summed E-state index contributed by atoms with van der Waals surface area (Å²) in [5.41, 5.74) is -1.69. The predicted octanol–water partition coefficient (Wildman–Crippen LogP) is 0.239. The van der Waals surface area contributed by atoms with Crippen LogP contribution in [0.5, 0.6) is 0 Å². The molecule has 1 atom stereocenters. The molecule has 86 valence electrons. The molecule has 0 aliphatic carbocycles. The van der Waals surface area contributed by atoms with Crippen molar-refractivity contribution in [2.45, 2.75) is 39.2 Å². The summed E-state index contributed by atoms with van der Waals surface area (Å²) in [6.45, 7) is 4.28. The van der Waals surface area contributed by atoms with Gasteiger partial charge in [-0.05, 0) is 20.8 Å². The van der Waals surface area contributed by atoms with Crippen LogP contribution in [0.25, 0.3) is 0 Å². The van der Waals surface area contributed by atoms with Gasteiger partial charge in [-0.2, -0.15) is 0 Å². The molecule has 0 rings (SSSR count). The Bertz CT molecular complexity index is 267. The molecule has 0 aliphatic rings. The molecule has 0 bridgehead atoms. The molecule has 5 heteroatoms. The number of aliphatic hydroxyl groups is 1. The van der Waals surface area contributed by atoms with Crippen molar-refractivity contribution < 1.29 is 24.2 Å². The summed E-state index contributed by atoms with van der Waals surface area (Å²) in [6, 6.07) is 0. The molecule has 0 aromatic carbocycles. The third kappa shape index (κ3) is 5.27. The fourth-order valence-electron chi connectivity index (χ4n) is 0.944. The minimum atomic E-state index is -1.69. The summed E-state index contributed by atoms with van der Waals surface area (Å²) in [6.07, 6.45) is -0.765. The number of ether oxygens (including phenoxy) is 1. The Hall–Kier alpha value is -1.23. The molecule has 0 aromatic rings. The van der Waals surface area contributed by atoms with Gasteiger partial charge in [0.25, 0.3) is 0 Å². The number of esters is 1. The summed E-state index contributed by atoms with van der Waals surface area (Å²) in [5.74, 6) is -1.64. The molecule has 1 N–H and O–H groups in total. The largest absolute Gasteiger partial charge is 0.466 e. The second-order valence-electron chi connectivity index (χ2n) is 3.53. The standard InChI is InChI=1S/C10H16O5/c1-4-15-9(13)5-8(12)6-10(3,14)7(2)11/h14H,4-6H2,1-3H3. The molecular weight excluding hydrogens is 200 g/mol. The van der Waals surface area contributed by atoms with E-state index >= 15 is 0 Å². The van der Waals surface area contributed by atoms with Gasteiger partial charge in [-0.25, -0.2) is 0 Å². The van der Waals surface area contributed by atoms with Gasteiger partial charge in [0, 0.05) is 6.42 Å². The first kappa shape index (κ1) is 13.8. The average Bonchev–Trinajstić information content (AvgIpc) is 2.02. The Balaban J connectivity index is 4.15. The number of hydrogen-bond acceptors (Lipinski definition) is 5. The highest BCUT2D eigenvalue weighted by Gasteiger charge is 2.30. The van der Waals surface area contributed by atoms with E-state index in [1.165, 1.54) is 13.8 Å². The van der Waals surface area contributed by atoms with Gasteiger partial charge < -0.3 is 9.84 Å². The molecule has 0 saturated carbocycles. The third-order valence-electron chi connectivity index (χ3n) is 1.95. The molecule has 15 heavy (non-hydrogen) atoms. The van der Waals surface area contributed by atoms with Crippen molar-refractivity contribution in [2.24, 2.45) is 0 Å². The molecule has 0 fully saturated rings. The van der Waals surface area contributed by atoms with Crippen LogP contribution in [0, 0.1) is 0 Å². The van der Waals surface area contributed by atoms with Gasteiger partial charge in [-0.15, -0.1) is 0 Å². The Morgan fingerprint density at radius 1 is 1.33 bits per heavy atom. The van der Waals surface area contributed by atoms with E-state index in [9.17, 15) is 19.5 Å². The SMILES string of the molecule is CCOC(=O)CC(=O)CC(C)(O)C(C)=O. The zero-order valence-corrected chi connectivity index (χ0v) is 9.20. The summed E-state index contributed by atoms with van der Waals surface area (Å²) >= 11 is 0. The van der Waals surface area contributed by atoms with Crippen LogP contribution in [0.2, 0.25) is 0 Å². The van der Waals surface area contributed by atoms with Crippen LogP contribution in [0.3, 0.4) is 0 Å². The van der Waals surface area contributed by atoms with E-state index in [0.29, 0.717) is 0 Å². The lowest BCUT2D eigenvalue weighted by Gasteiger charge is -2.18. The normalized spacial score (nSPS) is 14.1. The number of Topliss-reactive ketones (excluding diaryl/α,β-unsaturated/α-hetero) is 2. The second kappa shape index (κ2) is 5.60. The first-order valence-electron chi connectivity index (χ1n) is 4.70. The van der Waals surface area contributed by atoms with E-state index in [1.54, 1.807) is 6.92 Å². The van der Waals surface area contributed by atoms with Crippen LogP contribution in [-0.4, -0.2) is 34.9 Å². The number of rotatable bonds is 6. The molecule has 5 nitrogen and oxygen atoms in total. The minimum Gasteiger partial charge on any atom is -0.466 e. The molecule has 1 unspecified atom stereocenters. The number of hydrogen-bond donors (Lipinski definition) is 1. The highest BCUT2D eigenvalue weighted by molar-refractivity contribution is 5.99. The maximum atomic E-state index is 11.2. The highest BCUT2D eigenvalue weighted by Crippen LogP contribution is 2.12. The maximum Gasteiger partial charge on any atom is 0.313 e. The van der Waals surface area contributed by atoms with E-state index in [2.05, 4.69) is 4.74 Å². The van der Waals surface area contributed by atoms with Gasteiger partial charge >= 0.3 is 5.97 Å². The van der Waals surface area contributed by atoms with Gasteiger partial charge in [0.05, 0.1) is 6.61 Å². The Kier molecular flexibility index (Phi) is 5.14. The quantitative estimate of drug-likeness (QED) is 0.508. The molecule has 0 aliphatic heterocycles. The zero-order valence-electron chi connectivity index (χ0n) is 9.20. The van der Waals surface area contributed by atoms with Gasteiger partial charge in [0.2, 0.25) is 0 Å². The smallest absolute Gasteiger partial charge is 0.313 e. The van der Waals surface area contributed by atoms with E-state index in [0.717, 1.165) is 0 Å². The maximum absolute atomic E-state index is 11.2. The fourth-order valence-corrected chi connectivity index (χ4v) is 0.944. The van der Waals surface area contributed by atoms with Gasteiger partial charge in [0.15, 0.2) is 5.78 Å². The van der Waals surface area contributed by atoms with Gasteiger partial charge in [-0.1, -0.05) is 0 Å². The average molecular weight is 216 g/mol. The van der Waals surface area contributed by atoms with Gasteiger partial charge in [-0.3, -0.25) is 14.4 Å². The van der Waals surface area contributed by atoms with Crippen molar-refractivity contribution in [1.82, 2.24) is 0 Å². The lowest BCUT2D eigenvalue weighted by Crippen LogP contribution is -2.36.